The summed E-state index contributed by atoms with van der Waals surface area (Å²) in [6.07, 6.45) is 6.40. The predicted octanol–water partition coefficient (Wildman–Crippen LogP) is 2.69. The van der Waals surface area contributed by atoms with Crippen LogP contribution < -0.4 is 0 Å². The van der Waals surface area contributed by atoms with Gasteiger partial charge in [-0.3, -0.25) is 9.78 Å². The molecule has 7 nitrogen and oxygen atoms in total. The van der Waals surface area contributed by atoms with E-state index < -0.39 is 0 Å². The first-order valence-electron chi connectivity index (χ1n) is 8.35. The molecule has 0 radical (unpaired) electrons. The van der Waals surface area contributed by atoms with Crippen molar-refractivity contribution in [3.63, 3.8) is 0 Å². The standard InChI is InChI=1S/C18H16FN5O2/c19-14-5-3-12(4-6-14)18(25)24-9-1-2-13(11-24)17-22-16(23-26-17)15-10-20-7-8-21-15/h3-8,10,13H,1-2,9,11H2/t13-/m0/s1. The van der Waals surface area contributed by atoms with Gasteiger partial charge in [-0.2, -0.15) is 4.98 Å². The Labute approximate surface area is 148 Å². The van der Waals surface area contributed by atoms with Crippen LogP contribution in [0, 0.1) is 5.82 Å². The summed E-state index contributed by atoms with van der Waals surface area (Å²) in [5.41, 5.74) is 1.01. The van der Waals surface area contributed by atoms with Crippen molar-refractivity contribution in [2.45, 2.75) is 18.8 Å². The monoisotopic (exact) mass is 353 g/mol. The van der Waals surface area contributed by atoms with Crippen LogP contribution in [0.2, 0.25) is 0 Å². The van der Waals surface area contributed by atoms with Gasteiger partial charge in [0, 0.05) is 31.0 Å². The highest BCUT2D eigenvalue weighted by Gasteiger charge is 2.29. The second-order valence-corrected chi connectivity index (χ2v) is 6.14. The molecule has 0 spiro atoms. The first-order chi connectivity index (χ1) is 12.7. The van der Waals surface area contributed by atoms with E-state index in [2.05, 4.69) is 20.1 Å². The van der Waals surface area contributed by atoms with Gasteiger partial charge in [0.1, 0.15) is 11.5 Å². The predicted molar refractivity (Wildman–Crippen MR) is 89.6 cm³/mol. The normalized spacial score (nSPS) is 17.3. The maximum absolute atomic E-state index is 13.1. The largest absolute Gasteiger partial charge is 0.339 e. The van der Waals surface area contributed by atoms with E-state index in [4.69, 9.17) is 4.52 Å². The molecule has 0 bridgehead atoms. The fourth-order valence-corrected chi connectivity index (χ4v) is 3.06. The lowest BCUT2D eigenvalue weighted by Crippen LogP contribution is -2.39. The third-order valence-electron chi connectivity index (χ3n) is 4.38. The number of hydrogen-bond acceptors (Lipinski definition) is 6. The van der Waals surface area contributed by atoms with E-state index in [1.54, 1.807) is 23.5 Å². The lowest BCUT2D eigenvalue weighted by Gasteiger charge is -2.31. The van der Waals surface area contributed by atoms with Gasteiger partial charge in [0.05, 0.1) is 12.1 Å². The highest BCUT2D eigenvalue weighted by molar-refractivity contribution is 5.94. The van der Waals surface area contributed by atoms with Crippen LogP contribution in [0.25, 0.3) is 11.5 Å². The summed E-state index contributed by atoms with van der Waals surface area (Å²) >= 11 is 0. The Hall–Kier alpha value is -3.16. The molecule has 1 aliphatic heterocycles. The zero-order chi connectivity index (χ0) is 17.9. The van der Waals surface area contributed by atoms with Gasteiger partial charge in [-0.25, -0.2) is 9.37 Å². The number of carbonyl (C=O) groups is 1. The highest BCUT2D eigenvalue weighted by Crippen LogP contribution is 2.28. The van der Waals surface area contributed by atoms with Crippen LogP contribution in [0.15, 0.2) is 47.4 Å². The lowest BCUT2D eigenvalue weighted by molar-refractivity contribution is 0.0695. The molecule has 1 saturated heterocycles. The Balaban J connectivity index is 1.49. The smallest absolute Gasteiger partial charge is 0.253 e. The Kier molecular flexibility index (Phi) is 4.39. The van der Waals surface area contributed by atoms with Crippen molar-refractivity contribution < 1.29 is 13.7 Å². The van der Waals surface area contributed by atoms with E-state index in [0.717, 1.165) is 12.8 Å². The number of hydrogen-bond donors (Lipinski definition) is 0. The second kappa shape index (κ2) is 6.99. The molecule has 1 atom stereocenters. The van der Waals surface area contributed by atoms with Crippen molar-refractivity contribution in [2.75, 3.05) is 13.1 Å². The molecule has 2 aromatic heterocycles. The topological polar surface area (TPSA) is 85.0 Å². The van der Waals surface area contributed by atoms with E-state index in [0.29, 0.717) is 36.1 Å². The number of benzene rings is 1. The van der Waals surface area contributed by atoms with E-state index in [-0.39, 0.29) is 17.6 Å². The molecule has 26 heavy (non-hydrogen) atoms. The summed E-state index contributed by atoms with van der Waals surface area (Å²) in [6, 6.07) is 5.58. The zero-order valence-corrected chi connectivity index (χ0v) is 13.9. The maximum atomic E-state index is 13.1. The Morgan fingerprint density at radius 3 is 2.85 bits per heavy atom. The molecule has 1 aromatic carbocycles. The Morgan fingerprint density at radius 2 is 2.08 bits per heavy atom. The van der Waals surface area contributed by atoms with Crippen molar-refractivity contribution >= 4 is 5.91 Å². The third-order valence-corrected chi connectivity index (χ3v) is 4.38. The quantitative estimate of drug-likeness (QED) is 0.720. The van der Waals surface area contributed by atoms with Crippen LogP contribution in [0.5, 0.6) is 0 Å². The molecule has 8 heteroatoms. The van der Waals surface area contributed by atoms with Crippen molar-refractivity contribution in [1.82, 2.24) is 25.0 Å². The molecule has 0 saturated carbocycles. The second-order valence-electron chi connectivity index (χ2n) is 6.14. The fraction of sp³-hybridized carbons (Fsp3) is 0.278. The van der Waals surface area contributed by atoms with Gasteiger partial charge >= 0.3 is 0 Å². The molecule has 1 aliphatic rings. The van der Waals surface area contributed by atoms with Crippen molar-refractivity contribution in [2.24, 2.45) is 0 Å². The van der Waals surface area contributed by atoms with Gasteiger partial charge in [0.25, 0.3) is 5.91 Å². The summed E-state index contributed by atoms with van der Waals surface area (Å²) in [5.74, 6) is 0.354. The fourth-order valence-electron chi connectivity index (χ4n) is 3.06. The average Bonchev–Trinajstić information content (AvgIpc) is 3.19. The van der Waals surface area contributed by atoms with Crippen molar-refractivity contribution in [1.29, 1.82) is 0 Å². The van der Waals surface area contributed by atoms with E-state index in [9.17, 15) is 9.18 Å². The van der Waals surface area contributed by atoms with Crippen LogP contribution in [0.1, 0.15) is 35.0 Å². The van der Waals surface area contributed by atoms with Gasteiger partial charge in [-0.1, -0.05) is 5.16 Å². The average molecular weight is 353 g/mol. The molecule has 1 amide bonds. The molecule has 1 fully saturated rings. The minimum absolute atomic E-state index is 0.0360. The minimum atomic E-state index is -0.361. The number of aromatic nitrogens is 4. The molecule has 0 unspecified atom stereocenters. The molecule has 3 aromatic rings. The summed E-state index contributed by atoms with van der Waals surface area (Å²) in [5, 5.41) is 3.97. The SMILES string of the molecule is O=C(c1ccc(F)cc1)N1CCC[C@H](c2nc(-c3cnccn3)no2)C1. The number of halogens is 1. The minimum Gasteiger partial charge on any atom is -0.339 e. The maximum Gasteiger partial charge on any atom is 0.253 e. The molecular weight excluding hydrogens is 337 g/mol. The van der Waals surface area contributed by atoms with E-state index in [1.165, 1.54) is 24.3 Å². The first kappa shape index (κ1) is 16.3. The van der Waals surface area contributed by atoms with Gasteiger partial charge in [-0.05, 0) is 37.1 Å². The Morgan fingerprint density at radius 1 is 1.23 bits per heavy atom. The van der Waals surface area contributed by atoms with Crippen molar-refractivity contribution in [3.05, 3.63) is 60.1 Å². The number of carbonyl (C=O) groups excluding carboxylic acids is 1. The van der Waals surface area contributed by atoms with Crippen molar-refractivity contribution in [3.8, 4) is 11.5 Å². The molecule has 3 heterocycles. The summed E-state index contributed by atoms with van der Waals surface area (Å²) in [4.78, 5) is 26.9. The number of nitrogens with zero attached hydrogens (tertiary/aromatic N) is 5. The van der Waals surface area contributed by atoms with Gasteiger partial charge < -0.3 is 9.42 Å². The third kappa shape index (κ3) is 3.30. The van der Waals surface area contributed by atoms with Crippen LogP contribution in [0.3, 0.4) is 0 Å². The van der Waals surface area contributed by atoms with E-state index >= 15 is 0 Å². The number of rotatable bonds is 3. The molecular formula is C18H16FN5O2. The highest BCUT2D eigenvalue weighted by atomic mass is 19.1. The van der Waals surface area contributed by atoms with E-state index in [1.807, 2.05) is 0 Å². The van der Waals surface area contributed by atoms with Crippen LogP contribution >= 0.6 is 0 Å². The summed E-state index contributed by atoms with van der Waals surface area (Å²) in [6.45, 7) is 1.14. The summed E-state index contributed by atoms with van der Waals surface area (Å²) in [7, 11) is 0. The van der Waals surface area contributed by atoms with Gasteiger partial charge in [0.15, 0.2) is 0 Å². The molecule has 0 N–H and O–H groups in total. The molecule has 0 aliphatic carbocycles. The van der Waals surface area contributed by atoms with Crippen LogP contribution in [-0.2, 0) is 0 Å². The number of likely N-dealkylation sites (tertiary alicyclic amines) is 1. The number of amides is 1. The Bertz CT molecular complexity index is 897. The first-order valence-corrected chi connectivity index (χ1v) is 8.35. The summed E-state index contributed by atoms with van der Waals surface area (Å²) < 4.78 is 18.4. The lowest BCUT2D eigenvalue weighted by atomic mass is 9.97. The van der Waals surface area contributed by atoms with Gasteiger partial charge in [-0.15, -0.1) is 0 Å². The number of piperidine rings is 1. The molecule has 4 rings (SSSR count). The zero-order valence-electron chi connectivity index (χ0n) is 13.9. The van der Waals surface area contributed by atoms with Crippen LogP contribution in [-0.4, -0.2) is 44.0 Å². The van der Waals surface area contributed by atoms with Crippen LogP contribution in [0.4, 0.5) is 4.39 Å². The molecule has 132 valence electrons. The van der Waals surface area contributed by atoms with Gasteiger partial charge in [0.2, 0.25) is 11.7 Å².